The fraction of sp³-hybridized carbons (Fsp3) is 0.381. The largest absolute Gasteiger partial charge is 0.491 e. The molecule has 25 heavy (non-hydrogen) atoms. The molecule has 0 heterocycles. The molecule has 0 spiro atoms. The molecule has 4 heteroatoms. The molecule has 0 bridgehead atoms. The first-order valence-electron chi connectivity index (χ1n) is 8.71. The van der Waals surface area contributed by atoms with Crippen molar-refractivity contribution in [2.24, 2.45) is 0 Å². The van der Waals surface area contributed by atoms with Crippen LogP contribution in [0.4, 0.5) is 0 Å². The van der Waals surface area contributed by atoms with Gasteiger partial charge in [0, 0.05) is 6.54 Å². The maximum atomic E-state index is 11.4. The van der Waals surface area contributed by atoms with Gasteiger partial charge in [-0.05, 0) is 55.9 Å². The molecular formula is C21H26ClNO2. The van der Waals surface area contributed by atoms with E-state index in [0.717, 1.165) is 18.6 Å². The molecule has 1 N–H and O–H groups in total. The number of rotatable bonds is 9. The Balaban J connectivity index is 2.08. The van der Waals surface area contributed by atoms with Crippen molar-refractivity contribution in [3.63, 3.8) is 0 Å². The van der Waals surface area contributed by atoms with Crippen LogP contribution in [-0.4, -0.2) is 24.4 Å². The number of amides is 1. The van der Waals surface area contributed by atoms with Crippen molar-refractivity contribution in [1.82, 2.24) is 5.32 Å². The lowest BCUT2D eigenvalue weighted by molar-refractivity contribution is -0.118. The van der Waals surface area contributed by atoms with Gasteiger partial charge in [0.15, 0.2) is 0 Å². The minimum atomic E-state index is -0.124. The molecule has 0 aliphatic carbocycles. The quantitative estimate of drug-likeness (QED) is 0.667. The standard InChI is InChI=1S/C21H26ClNO2/c1-16(2)25-20-10-8-18(9-11-20)19(12-13-23-21(24)15-22)14-17-6-4-3-5-7-17/h3-11,16,19H,12-15H2,1-2H3,(H,23,24)/t19-/m1/s1. The summed E-state index contributed by atoms with van der Waals surface area (Å²) in [6, 6.07) is 18.7. The van der Waals surface area contributed by atoms with Gasteiger partial charge in [-0.1, -0.05) is 42.5 Å². The summed E-state index contributed by atoms with van der Waals surface area (Å²) in [6.07, 6.45) is 1.96. The average Bonchev–Trinajstić information content (AvgIpc) is 2.62. The van der Waals surface area contributed by atoms with Gasteiger partial charge in [0.25, 0.3) is 0 Å². The van der Waals surface area contributed by atoms with Crippen molar-refractivity contribution in [2.75, 3.05) is 12.4 Å². The zero-order valence-corrected chi connectivity index (χ0v) is 15.6. The SMILES string of the molecule is CC(C)Oc1ccc([C@H](CCNC(=O)CCl)Cc2ccccc2)cc1. The Morgan fingerprint density at radius 2 is 1.76 bits per heavy atom. The van der Waals surface area contributed by atoms with E-state index < -0.39 is 0 Å². The normalized spacial score (nSPS) is 12.0. The Labute approximate surface area is 155 Å². The number of hydrogen-bond acceptors (Lipinski definition) is 2. The topological polar surface area (TPSA) is 38.3 Å². The van der Waals surface area contributed by atoms with Gasteiger partial charge in [0.05, 0.1) is 6.10 Å². The maximum Gasteiger partial charge on any atom is 0.234 e. The second-order valence-electron chi connectivity index (χ2n) is 6.39. The highest BCUT2D eigenvalue weighted by Crippen LogP contribution is 2.26. The smallest absolute Gasteiger partial charge is 0.234 e. The Hall–Kier alpha value is -2.00. The van der Waals surface area contributed by atoms with Gasteiger partial charge in [0.2, 0.25) is 5.91 Å². The molecule has 2 aromatic carbocycles. The molecule has 0 aliphatic rings. The lowest BCUT2D eigenvalue weighted by Crippen LogP contribution is -2.26. The summed E-state index contributed by atoms with van der Waals surface area (Å²) in [5.74, 6) is 1.09. The van der Waals surface area contributed by atoms with E-state index in [-0.39, 0.29) is 17.9 Å². The van der Waals surface area contributed by atoms with E-state index in [2.05, 4.69) is 41.7 Å². The van der Waals surface area contributed by atoms with E-state index in [1.165, 1.54) is 11.1 Å². The number of carbonyl (C=O) groups is 1. The lowest BCUT2D eigenvalue weighted by atomic mass is 9.89. The fourth-order valence-corrected chi connectivity index (χ4v) is 2.90. The highest BCUT2D eigenvalue weighted by atomic mass is 35.5. The predicted octanol–water partition coefficient (Wildman–Crippen LogP) is 4.55. The monoisotopic (exact) mass is 359 g/mol. The molecule has 0 unspecified atom stereocenters. The summed E-state index contributed by atoms with van der Waals surface area (Å²) >= 11 is 5.55. The summed E-state index contributed by atoms with van der Waals surface area (Å²) in [7, 11) is 0. The van der Waals surface area contributed by atoms with Gasteiger partial charge < -0.3 is 10.1 Å². The van der Waals surface area contributed by atoms with Crippen LogP contribution in [0.25, 0.3) is 0 Å². The first-order valence-corrected chi connectivity index (χ1v) is 9.25. The molecule has 0 aliphatic heterocycles. The van der Waals surface area contributed by atoms with E-state index in [0.29, 0.717) is 12.5 Å². The summed E-state index contributed by atoms with van der Waals surface area (Å²) < 4.78 is 5.72. The Bertz CT molecular complexity index is 641. The Morgan fingerprint density at radius 1 is 1.08 bits per heavy atom. The van der Waals surface area contributed by atoms with Crippen LogP contribution in [0.15, 0.2) is 54.6 Å². The van der Waals surface area contributed by atoms with Crippen LogP contribution in [0.1, 0.15) is 37.3 Å². The minimum absolute atomic E-state index is 0.00455. The van der Waals surface area contributed by atoms with Gasteiger partial charge in [0.1, 0.15) is 11.6 Å². The second kappa shape index (κ2) is 10.1. The van der Waals surface area contributed by atoms with E-state index in [1.807, 2.05) is 32.0 Å². The van der Waals surface area contributed by atoms with Crippen LogP contribution in [-0.2, 0) is 11.2 Å². The van der Waals surface area contributed by atoms with Gasteiger partial charge in [-0.15, -0.1) is 11.6 Å². The van der Waals surface area contributed by atoms with Gasteiger partial charge in [-0.3, -0.25) is 4.79 Å². The minimum Gasteiger partial charge on any atom is -0.491 e. The first kappa shape index (κ1) is 19.3. The van der Waals surface area contributed by atoms with E-state index in [4.69, 9.17) is 16.3 Å². The van der Waals surface area contributed by atoms with Crippen molar-refractivity contribution in [3.05, 3.63) is 65.7 Å². The van der Waals surface area contributed by atoms with Crippen molar-refractivity contribution in [2.45, 2.75) is 38.7 Å². The third kappa shape index (κ3) is 6.79. The number of halogens is 1. The molecular weight excluding hydrogens is 334 g/mol. The lowest BCUT2D eigenvalue weighted by Gasteiger charge is -2.19. The molecule has 0 saturated heterocycles. The number of nitrogens with one attached hydrogen (secondary N) is 1. The summed E-state index contributed by atoms with van der Waals surface area (Å²) in [6.45, 7) is 4.66. The molecule has 0 aromatic heterocycles. The average molecular weight is 360 g/mol. The summed E-state index contributed by atoms with van der Waals surface area (Å²) in [5.41, 5.74) is 2.54. The van der Waals surface area contributed by atoms with Crippen LogP contribution < -0.4 is 10.1 Å². The highest BCUT2D eigenvalue weighted by molar-refractivity contribution is 6.27. The summed E-state index contributed by atoms with van der Waals surface area (Å²) in [5, 5.41) is 2.86. The molecule has 134 valence electrons. The zero-order valence-electron chi connectivity index (χ0n) is 14.9. The number of carbonyl (C=O) groups excluding carboxylic acids is 1. The predicted molar refractivity (Wildman–Crippen MR) is 103 cm³/mol. The van der Waals surface area contributed by atoms with E-state index in [1.54, 1.807) is 0 Å². The van der Waals surface area contributed by atoms with Crippen LogP contribution in [0.5, 0.6) is 5.75 Å². The number of benzene rings is 2. The van der Waals surface area contributed by atoms with Crippen molar-refractivity contribution < 1.29 is 9.53 Å². The number of hydrogen-bond donors (Lipinski definition) is 1. The van der Waals surface area contributed by atoms with Crippen LogP contribution >= 0.6 is 11.6 Å². The van der Waals surface area contributed by atoms with Crippen molar-refractivity contribution in [1.29, 1.82) is 0 Å². The Morgan fingerprint density at radius 3 is 2.36 bits per heavy atom. The maximum absolute atomic E-state index is 11.4. The first-order chi connectivity index (χ1) is 12.1. The summed E-state index contributed by atoms with van der Waals surface area (Å²) in [4.78, 5) is 11.4. The fourth-order valence-electron chi connectivity index (χ4n) is 2.81. The highest BCUT2D eigenvalue weighted by Gasteiger charge is 2.13. The van der Waals surface area contributed by atoms with Crippen LogP contribution in [0, 0.1) is 0 Å². The van der Waals surface area contributed by atoms with Crippen molar-refractivity contribution >= 4 is 17.5 Å². The molecule has 0 saturated carbocycles. The molecule has 0 radical (unpaired) electrons. The number of alkyl halides is 1. The number of ether oxygens (including phenoxy) is 1. The van der Waals surface area contributed by atoms with Gasteiger partial charge in [-0.2, -0.15) is 0 Å². The third-order valence-electron chi connectivity index (χ3n) is 3.98. The molecule has 2 aromatic rings. The zero-order chi connectivity index (χ0) is 18.1. The molecule has 0 fully saturated rings. The van der Waals surface area contributed by atoms with Crippen molar-refractivity contribution in [3.8, 4) is 5.75 Å². The van der Waals surface area contributed by atoms with E-state index >= 15 is 0 Å². The van der Waals surface area contributed by atoms with Gasteiger partial charge in [-0.25, -0.2) is 0 Å². The second-order valence-corrected chi connectivity index (χ2v) is 6.66. The van der Waals surface area contributed by atoms with Gasteiger partial charge >= 0.3 is 0 Å². The molecule has 1 amide bonds. The van der Waals surface area contributed by atoms with E-state index in [9.17, 15) is 4.79 Å². The Kier molecular flexibility index (Phi) is 7.80. The molecule has 3 nitrogen and oxygen atoms in total. The molecule has 2 rings (SSSR count). The van der Waals surface area contributed by atoms with Crippen LogP contribution in [0.2, 0.25) is 0 Å². The molecule has 1 atom stereocenters. The van der Waals surface area contributed by atoms with Crippen LogP contribution in [0.3, 0.4) is 0 Å². The third-order valence-corrected chi connectivity index (χ3v) is 4.23.